The van der Waals surface area contributed by atoms with Crippen LogP contribution in [0, 0.1) is 0 Å². The van der Waals surface area contributed by atoms with Crippen LogP contribution in [0.25, 0.3) is 0 Å². The third-order valence-electron chi connectivity index (χ3n) is 3.54. The molecule has 1 aliphatic rings. The molecule has 0 saturated carbocycles. The van der Waals surface area contributed by atoms with Crippen LogP contribution in [-0.2, 0) is 6.42 Å². The first kappa shape index (κ1) is 13.5. The third-order valence-corrected chi connectivity index (χ3v) is 3.54. The second-order valence-corrected chi connectivity index (χ2v) is 4.93. The Morgan fingerprint density at radius 3 is 2.28 bits per heavy atom. The van der Waals surface area contributed by atoms with Crippen LogP contribution >= 0.6 is 0 Å². The molecule has 4 heteroatoms. The van der Waals surface area contributed by atoms with E-state index >= 15 is 0 Å². The van der Waals surface area contributed by atoms with Crippen molar-refractivity contribution in [1.29, 1.82) is 0 Å². The molecule has 4 N–H and O–H groups in total. The highest BCUT2D eigenvalue weighted by atomic mass is 16.4. The van der Waals surface area contributed by atoms with Crippen LogP contribution in [0.3, 0.4) is 0 Å². The summed E-state index contributed by atoms with van der Waals surface area (Å²) in [6.07, 6.45) is 0.862. The van der Waals surface area contributed by atoms with Gasteiger partial charge in [-0.25, -0.2) is 0 Å². The van der Waals surface area contributed by atoms with Gasteiger partial charge >= 0.3 is 0 Å². The van der Waals surface area contributed by atoms with Gasteiger partial charge in [0.2, 0.25) is 0 Å². The molecule has 1 aliphatic heterocycles. The van der Waals surface area contributed by atoms with Gasteiger partial charge in [-0.05, 0) is 24.8 Å². The van der Waals surface area contributed by atoms with Gasteiger partial charge in [-0.1, -0.05) is 36.8 Å². The van der Waals surface area contributed by atoms with Crippen LogP contribution in [0.5, 0.6) is 0 Å². The number of hydrogen-bond acceptors (Lipinski definition) is 4. The molecule has 0 aromatic heterocycles. The summed E-state index contributed by atoms with van der Waals surface area (Å²) in [5.74, 6) is 0. The maximum absolute atomic E-state index is 9.67. The number of aliphatic hydroxyl groups excluding tert-OH is 3. The summed E-state index contributed by atoms with van der Waals surface area (Å²) >= 11 is 0. The molecule has 0 unspecified atom stereocenters. The quantitative estimate of drug-likeness (QED) is 0.572. The van der Waals surface area contributed by atoms with Crippen molar-refractivity contribution < 1.29 is 15.3 Å². The largest absolute Gasteiger partial charge is 0.389 e. The van der Waals surface area contributed by atoms with E-state index in [1.54, 1.807) is 0 Å². The molecule has 0 spiro atoms. The third kappa shape index (κ3) is 3.29. The summed E-state index contributed by atoms with van der Waals surface area (Å²) < 4.78 is 0. The smallest absolute Gasteiger partial charge is 0.134 e. The van der Waals surface area contributed by atoms with E-state index < -0.39 is 18.4 Å². The lowest BCUT2D eigenvalue weighted by Gasteiger charge is -2.15. The Bertz CT molecular complexity index is 357. The first-order chi connectivity index (χ1) is 8.68. The molecule has 1 aromatic carbocycles. The van der Waals surface area contributed by atoms with E-state index in [1.165, 1.54) is 5.56 Å². The van der Waals surface area contributed by atoms with E-state index in [-0.39, 0.29) is 6.04 Å². The van der Waals surface area contributed by atoms with Crippen molar-refractivity contribution in [2.24, 2.45) is 0 Å². The summed E-state index contributed by atoms with van der Waals surface area (Å²) in [7, 11) is 0. The maximum Gasteiger partial charge on any atom is 0.134 e. The molecule has 1 saturated heterocycles. The van der Waals surface area contributed by atoms with Gasteiger partial charge in [0.25, 0.3) is 0 Å². The van der Waals surface area contributed by atoms with Crippen molar-refractivity contribution in [3.63, 3.8) is 0 Å². The number of aryl methyl sites for hydroxylation is 1. The lowest BCUT2D eigenvalue weighted by atomic mass is 10.0. The average molecular weight is 251 g/mol. The lowest BCUT2D eigenvalue weighted by Crippen LogP contribution is -2.33. The van der Waals surface area contributed by atoms with E-state index in [4.69, 9.17) is 0 Å². The molecule has 0 radical (unpaired) electrons. The molecule has 2 rings (SSSR count). The van der Waals surface area contributed by atoms with Crippen LogP contribution in [0.2, 0.25) is 0 Å². The minimum absolute atomic E-state index is 0.203. The van der Waals surface area contributed by atoms with Gasteiger partial charge < -0.3 is 15.3 Å². The molecule has 0 bridgehead atoms. The van der Waals surface area contributed by atoms with Crippen molar-refractivity contribution in [1.82, 2.24) is 5.32 Å². The Balaban J connectivity index is 1.67. The predicted molar refractivity (Wildman–Crippen MR) is 68.9 cm³/mol. The predicted octanol–water partition coefficient (Wildman–Crippen LogP) is 0.411. The Morgan fingerprint density at radius 2 is 1.67 bits per heavy atom. The molecule has 1 heterocycles. The Kier molecular flexibility index (Phi) is 4.72. The maximum atomic E-state index is 9.67. The molecule has 1 aromatic rings. The summed E-state index contributed by atoms with van der Waals surface area (Å²) in [4.78, 5) is 0. The van der Waals surface area contributed by atoms with Crippen LogP contribution in [0.4, 0.5) is 0 Å². The van der Waals surface area contributed by atoms with Crippen LogP contribution in [0.15, 0.2) is 30.3 Å². The molecule has 1 fully saturated rings. The van der Waals surface area contributed by atoms with E-state index in [0.717, 1.165) is 25.7 Å². The van der Waals surface area contributed by atoms with Gasteiger partial charge in [0.05, 0.1) is 6.10 Å². The summed E-state index contributed by atoms with van der Waals surface area (Å²) in [5, 5.41) is 31.2. The minimum atomic E-state index is -1.07. The van der Waals surface area contributed by atoms with Crippen molar-refractivity contribution in [3.05, 3.63) is 35.9 Å². The average Bonchev–Trinajstić information content (AvgIpc) is 2.64. The molecular weight excluding hydrogens is 230 g/mol. The fourth-order valence-electron chi connectivity index (χ4n) is 2.43. The fraction of sp³-hybridized carbons (Fsp3) is 0.571. The number of rotatable bonds is 5. The highest BCUT2D eigenvalue weighted by molar-refractivity contribution is 5.14. The van der Waals surface area contributed by atoms with Gasteiger partial charge in [0.15, 0.2) is 0 Å². The van der Waals surface area contributed by atoms with E-state index in [0.29, 0.717) is 0 Å². The second kappa shape index (κ2) is 6.29. The summed E-state index contributed by atoms with van der Waals surface area (Å²) in [6, 6.07) is 10.1. The monoisotopic (exact) mass is 251 g/mol. The Morgan fingerprint density at radius 1 is 0.944 bits per heavy atom. The SMILES string of the molecule is O[C@@H]1[C@@H](O)[C@H](CCCCc2ccccc2)N[C@H]1O. The van der Waals surface area contributed by atoms with Crippen molar-refractivity contribution >= 4 is 0 Å². The van der Waals surface area contributed by atoms with Crippen LogP contribution in [0.1, 0.15) is 24.8 Å². The van der Waals surface area contributed by atoms with Crippen LogP contribution in [-0.4, -0.2) is 39.8 Å². The number of hydrogen-bond donors (Lipinski definition) is 4. The lowest BCUT2D eigenvalue weighted by molar-refractivity contribution is -0.0241. The highest BCUT2D eigenvalue weighted by Crippen LogP contribution is 2.18. The Hall–Kier alpha value is -0.940. The number of benzene rings is 1. The molecule has 18 heavy (non-hydrogen) atoms. The van der Waals surface area contributed by atoms with Crippen molar-refractivity contribution in [3.8, 4) is 0 Å². The first-order valence-electron chi connectivity index (χ1n) is 6.52. The zero-order valence-corrected chi connectivity index (χ0v) is 10.4. The molecule has 0 aliphatic carbocycles. The normalized spacial score (nSPS) is 31.7. The highest BCUT2D eigenvalue weighted by Gasteiger charge is 2.39. The first-order valence-corrected chi connectivity index (χ1v) is 6.52. The zero-order valence-electron chi connectivity index (χ0n) is 10.4. The Labute approximate surface area is 107 Å². The van der Waals surface area contributed by atoms with E-state index in [2.05, 4.69) is 17.4 Å². The molecular formula is C14H21NO3. The molecule has 4 atom stereocenters. The van der Waals surface area contributed by atoms with Gasteiger partial charge in [0, 0.05) is 6.04 Å². The van der Waals surface area contributed by atoms with Crippen molar-refractivity contribution in [2.75, 3.05) is 0 Å². The van der Waals surface area contributed by atoms with Gasteiger partial charge in [-0.2, -0.15) is 0 Å². The van der Waals surface area contributed by atoms with Gasteiger partial charge in [-0.3, -0.25) is 5.32 Å². The summed E-state index contributed by atoms with van der Waals surface area (Å²) in [5.41, 5.74) is 1.32. The van der Waals surface area contributed by atoms with E-state index in [1.807, 2.05) is 18.2 Å². The number of unbranched alkanes of at least 4 members (excludes halogenated alkanes) is 1. The van der Waals surface area contributed by atoms with Crippen molar-refractivity contribution in [2.45, 2.75) is 50.2 Å². The minimum Gasteiger partial charge on any atom is -0.389 e. The molecule has 4 nitrogen and oxygen atoms in total. The standard InChI is InChI=1S/C14H21NO3/c16-12-11(15-14(18)13(12)17)9-5-4-8-10-6-2-1-3-7-10/h1-3,6-7,11-18H,4-5,8-9H2/t11-,12-,13+,14-/m0/s1. The fourth-order valence-corrected chi connectivity index (χ4v) is 2.43. The molecule has 100 valence electrons. The van der Waals surface area contributed by atoms with Crippen LogP contribution < -0.4 is 5.32 Å². The zero-order chi connectivity index (χ0) is 13.0. The van der Waals surface area contributed by atoms with E-state index in [9.17, 15) is 15.3 Å². The second-order valence-electron chi connectivity index (χ2n) is 4.93. The van der Waals surface area contributed by atoms with Gasteiger partial charge in [0.1, 0.15) is 12.3 Å². The van der Waals surface area contributed by atoms with Gasteiger partial charge in [-0.15, -0.1) is 0 Å². The molecule has 0 amide bonds. The number of aliphatic hydroxyl groups is 3. The summed E-state index contributed by atoms with van der Waals surface area (Å²) in [6.45, 7) is 0. The topological polar surface area (TPSA) is 72.7 Å². The number of nitrogens with one attached hydrogen (secondary N) is 1.